The molecular formula is C21H14ClF4N3O3S. The van der Waals surface area contributed by atoms with Crippen molar-refractivity contribution < 1.29 is 22.3 Å². The van der Waals surface area contributed by atoms with Gasteiger partial charge in [0.05, 0.1) is 16.8 Å². The number of fused-ring (bicyclic) bond motifs is 1. The molecule has 172 valence electrons. The highest BCUT2D eigenvalue weighted by Gasteiger charge is 2.28. The van der Waals surface area contributed by atoms with E-state index in [-0.39, 0.29) is 26.9 Å². The summed E-state index contributed by atoms with van der Waals surface area (Å²) < 4.78 is 58.1. The van der Waals surface area contributed by atoms with Gasteiger partial charge in [-0.2, -0.15) is 13.2 Å². The number of nitrogens with one attached hydrogen (secondary N) is 1. The van der Waals surface area contributed by atoms with Crippen LogP contribution >= 0.6 is 22.9 Å². The summed E-state index contributed by atoms with van der Waals surface area (Å²) in [4.78, 5) is 31.5. The number of rotatable bonds is 5. The van der Waals surface area contributed by atoms with Crippen LogP contribution in [0, 0.1) is 12.7 Å². The Labute approximate surface area is 192 Å². The lowest BCUT2D eigenvalue weighted by Gasteiger charge is -2.09. The van der Waals surface area contributed by atoms with Crippen LogP contribution in [0.3, 0.4) is 0 Å². The molecule has 0 radical (unpaired) electrons. The maximum absolute atomic E-state index is 13.6. The first kappa shape index (κ1) is 23.0. The predicted molar refractivity (Wildman–Crippen MR) is 117 cm³/mol. The van der Waals surface area contributed by atoms with Crippen LogP contribution in [-0.2, 0) is 6.54 Å². The molecule has 0 aliphatic heterocycles. The third-order valence-corrected chi connectivity index (χ3v) is 6.47. The van der Waals surface area contributed by atoms with E-state index in [4.69, 9.17) is 16.3 Å². The number of pyridine rings is 1. The first-order chi connectivity index (χ1) is 15.5. The number of aromatic amines is 1. The lowest BCUT2D eigenvalue weighted by molar-refractivity contribution is -0.136. The van der Waals surface area contributed by atoms with E-state index in [0.717, 1.165) is 22.0 Å². The van der Waals surface area contributed by atoms with E-state index >= 15 is 0 Å². The largest absolute Gasteiger partial charge is 0.439 e. The minimum Gasteiger partial charge on any atom is -0.439 e. The van der Waals surface area contributed by atoms with Gasteiger partial charge >= 0.3 is 11.9 Å². The fraction of sp³-hybridized carbons (Fsp3) is 0.190. The topological polar surface area (TPSA) is 77.0 Å². The summed E-state index contributed by atoms with van der Waals surface area (Å²) in [5.41, 5.74) is -0.498. The summed E-state index contributed by atoms with van der Waals surface area (Å²) in [5, 5.41) is 0.100. The predicted octanol–water partition coefficient (Wildman–Crippen LogP) is 5.66. The van der Waals surface area contributed by atoms with E-state index in [1.165, 1.54) is 24.4 Å². The molecule has 12 heteroatoms. The van der Waals surface area contributed by atoms with E-state index in [2.05, 4.69) is 9.97 Å². The van der Waals surface area contributed by atoms with Crippen molar-refractivity contribution in [2.45, 2.75) is 26.1 Å². The molecule has 1 aromatic carbocycles. The van der Waals surface area contributed by atoms with Gasteiger partial charge in [0.1, 0.15) is 16.4 Å². The van der Waals surface area contributed by atoms with E-state index in [0.29, 0.717) is 16.0 Å². The standard InChI is InChI=1S/C21H14ClF4N3O3S/c1-10-16-18(30)28-20(31)29(7-6-21(24,25)26)19(16)33-17(10)11-2-5-15(27-9-11)32-12-3-4-13(22)14(23)8-12/h2-5,8-9H,6-7H2,1H3,(H,28,30,31). The molecule has 3 heterocycles. The van der Waals surface area contributed by atoms with Crippen LogP contribution in [0.15, 0.2) is 46.1 Å². The zero-order chi connectivity index (χ0) is 23.9. The molecule has 3 aromatic heterocycles. The summed E-state index contributed by atoms with van der Waals surface area (Å²) in [7, 11) is 0. The van der Waals surface area contributed by atoms with E-state index < -0.39 is 36.2 Å². The Morgan fingerprint density at radius 3 is 2.61 bits per heavy atom. The number of H-pyrrole nitrogens is 1. The summed E-state index contributed by atoms with van der Waals surface area (Å²) >= 11 is 6.67. The van der Waals surface area contributed by atoms with Crippen LogP contribution in [0.4, 0.5) is 17.6 Å². The van der Waals surface area contributed by atoms with Gasteiger partial charge in [-0.1, -0.05) is 11.6 Å². The van der Waals surface area contributed by atoms with E-state index in [1.807, 2.05) is 0 Å². The van der Waals surface area contributed by atoms with Gasteiger partial charge in [0, 0.05) is 35.3 Å². The molecule has 0 amide bonds. The third-order valence-electron chi connectivity index (χ3n) is 4.80. The first-order valence-electron chi connectivity index (χ1n) is 9.46. The quantitative estimate of drug-likeness (QED) is 0.359. The second-order valence-corrected chi connectivity index (χ2v) is 8.48. The second-order valence-electron chi connectivity index (χ2n) is 7.08. The lowest BCUT2D eigenvalue weighted by Crippen LogP contribution is -2.31. The Hall–Kier alpha value is -3.18. The summed E-state index contributed by atoms with van der Waals surface area (Å²) in [6.45, 7) is 1.03. The Morgan fingerprint density at radius 1 is 1.21 bits per heavy atom. The van der Waals surface area contributed by atoms with Gasteiger partial charge in [0.2, 0.25) is 5.88 Å². The number of benzene rings is 1. The number of nitrogens with zero attached hydrogens (tertiary/aromatic N) is 2. The molecule has 0 fully saturated rings. The van der Waals surface area contributed by atoms with Crippen LogP contribution in [0.1, 0.15) is 12.0 Å². The molecule has 4 rings (SSSR count). The zero-order valence-electron chi connectivity index (χ0n) is 16.8. The summed E-state index contributed by atoms with van der Waals surface area (Å²) in [6.07, 6.45) is -4.21. The number of hydrogen-bond acceptors (Lipinski definition) is 5. The normalized spacial score (nSPS) is 11.8. The van der Waals surface area contributed by atoms with Crippen molar-refractivity contribution in [3.63, 3.8) is 0 Å². The zero-order valence-corrected chi connectivity index (χ0v) is 18.4. The Kier molecular flexibility index (Phi) is 6.02. The molecule has 0 atom stereocenters. The Bertz CT molecular complexity index is 1460. The van der Waals surface area contributed by atoms with Crippen LogP contribution in [0.25, 0.3) is 20.7 Å². The smallest absolute Gasteiger partial charge is 0.390 e. The number of hydrogen-bond donors (Lipinski definition) is 1. The molecule has 0 spiro atoms. The molecule has 1 N–H and O–H groups in total. The molecular weight excluding hydrogens is 486 g/mol. The van der Waals surface area contributed by atoms with Gasteiger partial charge in [-0.25, -0.2) is 14.2 Å². The van der Waals surface area contributed by atoms with Crippen molar-refractivity contribution in [3.8, 4) is 22.1 Å². The Balaban J connectivity index is 1.70. The molecule has 0 aliphatic rings. The minimum absolute atomic E-state index is 0.0467. The van der Waals surface area contributed by atoms with Crippen molar-refractivity contribution in [2.24, 2.45) is 0 Å². The number of alkyl halides is 3. The Morgan fingerprint density at radius 2 is 1.97 bits per heavy atom. The molecule has 0 bridgehead atoms. The molecule has 0 unspecified atom stereocenters. The number of halogens is 5. The first-order valence-corrected chi connectivity index (χ1v) is 10.7. The molecule has 0 aliphatic carbocycles. The fourth-order valence-electron chi connectivity index (χ4n) is 3.23. The van der Waals surface area contributed by atoms with Crippen molar-refractivity contribution in [2.75, 3.05) is 0 Å². The maximum atomic E-state index is 13.6. The highest BCUT2D eigenvalue weighted by atomic mass is 35.5. The van der Waals surface area contributed by atoms with Crippen molar-refractivity contribution >= 4 is 33.2 Å². The number of aromatic nitrogens is 3. The van der Waals surface area contributed by atoms with E-state index in [1.54, 1.807) is 13.0 Å². The molecule has 0 saturated heterocycles. The molecule has 4 aromatic rings. The van der Waals surface area contributed by atoms with Crippen molar-refractivity contribution in [1.29, 1.82) is 0 Å². The van der Waals surface area contributed by atoms with Crippen molar-refractivity contribution in [3.05, 3.63) is 73.8 Å². The molecule has 6 nitrogen and oxygen atoms in total. The average molecular weight is 500 g/mol. The van der Waals surface area contributed by atoms with Gasteiger partial charge < -0.3 is 4.74 Å². The maximum Gasteiger partial charge on any atom is 0.390 e. The van der Waals surface area contributed by atoms with Gasteiger partial charge in [-0.15, -0.1) is 11.3 Å². The SMILES string of the molecule is Cc1c(-c2ccc(Oc3ccc(Cl)c(F)c3)nc2)sc2c1c(=O)[nH]c(=O)n2CCC(F)(F)F. The highest BCUT2D eigenvalue weighted by molar-refractivity contribution is 7.22. The number of thiophene rings is 1. The van der Waals surface area contributed by atoms with Crippen LogP contribution in [0.2, 0.25) is 5.02 Å². The lowest BCUT2D eigenvalue weighted by atomic mass is 10.1. The van der Waals surface area contributed by atoms with Gasteiger partial charge in [-0.3, -0.25) is 14.3 Å². The molecule has 33 heavy (non-hydrogen) atoms. The monoisotopic (exact) mass is 499 g/mol. The highest BCUT2D eigenvalue weighted by Crippen LogP contribution is 2.37. The van der Waals surface area contributed by atoms with Gasteiger partial charge in [0.25, 0.3) is 5.56 Å². The fourth-order valence-corrected chi connectivity index (χ4v) is 4.67. The van der Waals surface area contributed by atoms with Crippen molar-refractivity contribution in [1.82, 2.24) is 14.5 Å². The van der Waals surface area contributed by atoms with Crippen LogP contribution < -0.4 is 16.0 Å². The van der Waals surface area contributed by atoms with Gasteiger partial charge in [0.15, 0.2) is 0 Å². The van der Waals surface area contributed by atoms with Crippen LogP contribution in [0.5, 0.6) is 11.6 Å². The minimum atomic E-state index is -4.45. The van der Waals surface area contributed by atoms with E-state index in [9.17, 15) is 27.2 Å². The number of aryl methyl sites for hydroxylation is 2. The third kappa shape index (κ3) is 4.79. The molecule has 0 saturated carbocycles. The second kappa shape index (κ2) is 8.64. The summed E-state index contributed by atoms with van der Waals surface area (Å²) in [6, 6.07) is 7.09. The van der Waals surface area contributed by atoms with Gasteiger partial charge in [-0.05, 0) is 30.7 Å². The number of ether oxygens (including phenoxy) is 1. The summed E-state index contributed by atoms with van der Waals surface area (Å²) in [5.74, 6) is -0.289. The van der Waals surface area contributed by atoms with Crippen LogP contribution in [-0.4, -0.2) is 20.7 Å². The average Bonchev–Trinajstić information content (AvgIpc) is 3.08.